The molecule has 0 aliphatic heterocycles. The van der Waals surface area contributed by atoms with E-state index in [4.69, 9.17) is 4.74 Å². The van der Waals surface area contributed by atoms with Gasteiger partial charge >= 0.3 is 0 Å². The van der Waals surface area contributed by atoms with Crippen LogP contribution in [0.2, 0.25) is 0 Å². The highest BCUT2D eigenvalue weighted by atomic mass is 16.5. The minimum atomic E-state index is -0.235. The van der Waals surface area contributed by atoms with E-state index in [1.165, 1.54) is 6.92 Å². The van der Waals surface area contributed by atoms with E-state index < -0.39 is 0 Å². The summed E-state index contributed by atoms with van der Waals surface area (Å²) < 4.78 is 10.2. The van der Waals surface area contributed by atoms with E-state index in [-0.39, 0.29) is 23.5 Å². The lowest BCUT2D eigenvalue weighted by atomic mass is 9.75. The standard InChI is InChI=1S/C19H27NO4.C2H6O.C2H6/c1-14(22)20-18(16-5-3-15(11-21)4-6-16)12-24-13-19(2)9-7-17(23)8-10-19;1-3-2;1-2/h3-6,11,17-18,23H,7-10,12-13H2,1-2H3,(H,20,22);1-2H3;1-2H3. The number of nitrogens with one attached hydrogen (secondary N) is 1. The molecule has 1 saturated carbocycles. The molecule has 0 spiro atoms. The molecule has 6 heteroatoms. The van der Waals surface area contributed by atoms with E-state index in [0.717, 1.165) is 37.5 Å². The zero-order chi connectivity index (χ0) is 22.3. The Kier molecular flexibility index (Phi) is 14.2. The van der Waals surface area contributed by atoms with Crippen molar-refractivity contribution in [3.63, 3.8) is 0 Å². The average molecular weight is 410 g/mol. The van der Waals surface area contributed by atoms with Crippen LogP contribution in [0.1, 0.15) is 75.3 Å². The van der Waals surface area contributed by atoms with Crippen molar-refractivity contribution in [2.24, 2.45) is 5.41 Å². The molecule has 1 amide bonds. The van der Waals surface area contributed by atoms with Crippen LogP contribution in [0.4, 0.5) is 0 Å². The van der Waals surface area contributed by atoms with Gasteiger partial charge in [0.2, 0.25) is 5.91 Å². The van der Waals surface area contributed by atoms with Gasteiger partial charge in [-0.25, -0.2) is 0 Å². The molecule has 1 aromatic carbocycles. The fourth-order valence-corrected chi connectivity index (χ4v) is 3.14. The molecular weight excluding hydrogens is 370 g/mol. The number of amides is 1. The van der Waals surface area contributed by atoms with Crippen LogP contribution in [-0.4, -0.2) is 50.8 Å². The molecule has 1 aliphatic rings. The number of hydrogen-bond donors (Lipinski definition) is 2. The lowest BCUT2D eigenvalue weighted by Crippen LogP contribution is -2.34. The first kappa shape index (κ1) is 27.2. The molecule has 0 radical (unpaired) electrons. The second-order valence-electron chi connectivity index (χ2n) is 7.50. The molecule has 2 rings (SSSR count). The molecular formula is C23H39NO5. The van der Waals surface area contributed by atoms with Crippen molar-refractivity contribution in [1.29, 1.82) is 0 Å². The highest BCUT2D eigenvalue weighted by molar-refractivity contribution is 5.75. The summed E-state index contributed by atoms with van der Waals surface area (Å²) in [6.07, 6.45) is 4.16. The first-order valence-corrected chi connectivity index (χ1v) is 10.3. The Morgan fingerprint density at radius 1 is 1.24 bits per heavy atom. The van der Waals surface area contributed by atoms with Crippen LogP contribution in [0.25, 0.3) is 0 Å². The molecule has 166 valence electrons. The van der Waals surface area contributed by atoms with Crippen LogP contribution in [0.3, 0.4) is 0 Å². The number of ether oxygens (including phenoxy) is 2. The molecule has 0 bridgehead atoms. The van der Waals surface area contributed by atoms with Crippen LogP contribution in [0.15, 0.2) is 24.3 Å². The van der Waals surface area contributed by atoms with E-state index in [1.54, 1.807) is 26.4 Å². The number of carbonyl (C=O) groups excluding carboxylic acids is 2. The normalized spacial score (nSPS) is 21.6. The van der Waals surface area contributed by atoms with Crippen LogP contribution in [0.5, 0.6) is 0 Å². The minimum absolute atomic E-state index is 0.0847. The highest BCUT2D eigenvalue weighted by Gasteiger charge is 2.30. The van der Waals surface area contributed by atoms with Gasteiger partial charge in [-0.1, -0.05) is 45.0 Å². The predicted molar refractivity (Wildman–Crippen MR) is 116 cm³/mol. The van der Waals surface area contributed by atoms with Gasteiger partial charge in [0.1, 0.15) is 6.29 Å². The summed E-state index contributed by atoms with van der Waals surface area (Å²) >= 11 is 0. The van der Waals surface area contributed by atoms with Crippen molar-refractivity contribution in [3.05, 3.63) is 35.4 Å². The van der Waals surface area contributed by atoms with Crippen molar-refractivity contribution in [3.8, 4) is 0 Å². The number of aliphatic hydroxyl groups is 1. The van der Waals surface area contributed by atoms with Gasteiger partial charge in [-0.3, -0.25) is 9.59 Å². The summed E-state index contributed by atoms with van der Waals surface area (Å²) in [6, 6.07) is 6.92. The molecule has 2 N–H and O–H groups in total. The molecule has 1 unspecified atom stereocenters. The SMILES string of the molecule is CC.CC(=O)NC(COCC1(C)CCC(O)CC1)c1ccc(C=O)cc1.COC. The zero-order valence-corrected chi connectivity index (χ0v) is 18.9. The van der Waals surface area contributed by atoms with Gasteiger partial charge in [-0.05, 0) is 36.7 Å². The van der Waals surface area contributed by atoms with Gasteiger partial charge in [0.25, 0.3) is 0 Å². The molecule has 0 aromatic heterocycles. The predicted octanol–water partition coefficient (Wildman–Crippen LogP) is 3.92. The molecule has 6 nitrogen and oxygen atoms in total. The number of rotatable bonds is 7. The van der Waals surface area contributed by atoms with Crippen LogP contribution >= 0.6 is 0 Å². The van der Waals surface area contributed by atoms with Gasteiger partial charge in [-0.2, -0.15) is 0 Å². The average Bonchev–Trinajstić information content (AvgIpc) is 2.72. The van der Waals surface area contributed by atoms with E-state index in [2.05, 4.69) is 17.0 Å². The summed E-state index contributed by atoms with van der Waals surface area (Å²) in [5.74, 6) is -0.116. The Bertz CT molecular complexity index is 565. The molecule has 1 atom stereocenters. The maximum absolute atomic E-state index is 11.5. The number of methoxy groups -OCH3 is 1. The number of carbonyl (C=O) groups is 2. The molecule has 1 fully saturated rings. The monoisotopic (exact) mass is 409 g/mol. The Morgan fingerprint density at radius 2 is 1.76 bits per heavy atom. The third-order valence-corrected chi connectivity index (χ3v) is 4.75. The van der Waals surface area contributed by atoms with E-state index >= 15 is 0 Å². The number of aliphatic hydroxyl groups excluding tert-OH is 1. The first-order chi connectivity index (χ1) is 13.8. The van der Waals surface area contributed by atoms with E-state index in [0.29, 0.717) is 18.8 Å². The zero-order valence-electron chi connectivity index (χ0n) is 18.9. The number of aldehydes is 1. The summed E-state index contributed by atoms with van der Waals surface area (Å²) in [7, 11) is 3.25. The highest BCUT2D eigenvalue weighted by Crippen LogP contribution is 2.36. The van der Waals surface area contributed by atoms with E-state index in [9.17, 15) is 14.7 Å². The van der Waals surface area contributed by atoms with Crippen molar-refractivity contribution in [2.45, 2.75) is 65.5 Å². The smallest absolute Gasteiger partial charge is 0.217 e. The van der Waals surface area contributed by atoms with Crippen LogP contribution in [0, 0.1) is 5.41 Å². The Balaban J connectivity index is 0.00000143. The quantitative estimate of drug-likeness (QED) is 0.667. The van der Waals surface area contributed by atoms with Crippen molar-refractivity contribution in [2.75, 3.05) is 27.4 Å². The Hall–Kier alpha value is -1.76. The summed E-state index contributed by atoms with van der Waals surface area (Å²) in [6.45, 7) is 8.67. The second-order valence-corrected chi connectivity index (χ2v) is 7.50. The summed E-state index contributed by atoms with van der Waals surface area (Å²) in [5.41, 5.74) is 1.61. The maximum atomic E-state index is 11.5. The van der Waals surface area contributed by atoms with Crippen molar-refractivity contribution < 1.29 is 24.2 Å². The van der Waals surface area contributed by atoms with Crippen molar-refractivity contribution in [1.82, 2.24) is 5.32 Å². The lowest BCUT2D eigenvalue weighted by molar-refractivity contribution is -0.120. The third-order valence-electron chi connectivity index (χ3n) is 4.75. The number of benzene rings is 1. The third kappa shape index (κ3) is 11.1. The molecule has 29 heavy (non-hydrogen) atoms. The summed E-state index contributed by atoms with van der Waals surface area (Å²) in [5, 5.41) is 12.5. The van der Waals surface area contributed by atoms with Crippen LogP contribution < -0.4 is 5.32 Å². The minimum Gasteiger partial charge on any atom is -0.393 e. The first-order valence-electron chi connectivity index (χ1n) is 10.3. The van der Waals surface area contributed by atoms with Gasteiger partial charge in [0, 0.05) is 26.7 Å². The lowest BCUT2D eigenvalue weighted by Gasteiger charge is -2.35. The fraction of sp³-hybridized carbons (Fsp3) is 0.652. The van der Waals surface area contributed by atoms with E-state index in [1.807, 2.05) is 26.0 Å². The molecule has 1 aromatic rings. The van der Waals surface area contributed by atoms with Gasteiger partial charge in [-0.15, -0.1) is 0 Å². The molecule has 1 aliphatic carbocycles. The maximum Gasteiger partial charge on any atom is 0.217 e. The summed E-state index contributed by atoms with van der Waals surface area (Å²) in [4.78, 5) is 22.2. The van der Waals surface area contributed by atoms with Gasteiger partial charge in [0.05, 0.1) is 25.4 Å². The topological polar surface area (TPSA) is 84.9 Å². The van der Waals surface area contributed by atoms with Gasteiger partial charge < -0.3 is 19.9 Å². The Labute approximate surface area is 176 Å². The number of hydrogen-bond acceptors (Lipinski definition) is 5. The fourth-order valence-electron chi connectivity index (χ4n) is 3.14. The van der Waals surface area contributed by atoms with Crippen molar-refractivity contribution >= 4 is 12.2 Å². The molecule has 0 heterocycles. The van der Waals surface area contributed by atoms with Gasteiger partial charge in [0.15, 0.2) is 0 Å². The van der Waals surface area contributed by atoms with Crippen LogP contribution in [-0.2, 0) is 14.3 Å². The Morgan fingerprint density at radius 3 is 2.21 bits per heavy atom. The molecule has 0 saturated heterocycles. The largest absolute Gasteiger partial charge is 0.393 e. The second kappa shape index (κ2) is 15.1.